The molecule has 0 aliphatic carbocycles. The molecule has 0 saturated carbocycles. The third-order valence-corrected chi connectivity index (χ3v) is 6.07. The molecule has 1 aromatic rings. The summed E-state index contributed by atoms with van der Waals surface area (Å²) in [5, 5.41) is 55.3. The molecule has 0 radical (unpaired) electrons. The van der Waals surface area contributed by atoms with Crippen molar-refractivity contribution in [1.29, 1.82) is 0 Å². The molecule has 1 rings (SSSR count). The maximum Gasteiger partial charge on any atom is 0.321 e. The Kier molecular flexibility index (Phi) is 12.8. The lowest BCUT2D eigenvalue weighted by atomic mass is 9.83. The average Bonchev–Trinajstić information content (AvgIpc) is 2.88. The maximum absolute atomic E-state index is 13.0. The van der Waals surface area contributed by atoms with E-state index in [4.69, 9.17) is 11.5 Å². The fourth-order valence-corrected chi connectivity index (χ4v) is 3.57. The Morgan fingerprint density at radius 2 is 1.46 bits per heavy atom. The summed E-state index contributed by atoms with van der Waals surface area (Å²) in [5.41, 5.74) is 11.6. The number of hydrogen-bond donors (Lipinski definition) is 9. The summed E-state index contributed by atoms with van der Waals surface area (Å²) in [4.78, 5) is 49.4. The molecular weight excluding hydrogens is 488 g/mol. The number of carboxylic acid groups (broad SMARTS) is 1. The Hall–Kier alpha value is -2.94. The number of amides is 2. The van der Waals surface area contributed by atoms with Gasteiger partial charge in [0.2, 0.25) is 11.8 Å². The van der Waals surface area contributed by atoms with Crippen LogP contribution in [0.25, 0.3) is 0 Å². The Labute approximate surface area is 214 Å². The van der Waals surface area contributed by atoms with Crippen LogP contribution in [0.3, 0.4) is 0 Å². The number of benzene rings is 1. The fourth-order valence-electron chi connectivity index (χ4n) is 3.57. The molecule has 0 aromatic heterocycles. The molecule has 0 spiro atoms. The largest absolute Gasteiger partial charge is 0.480 e. The SMILES string of the molecule is CC[C@H](NC(=O)[C@@H](N)C(C)C)C(=O)N[C@@H](CO)[C@@H](O)[C@@H](O)[C@H](O)C(=O)C(c1ccccc1)[C@H](N)C(=O)O. The average molecular weight is 527 g/mol. The van der Waals surface area contributed by atoms with Crippen LogP contribution in [0.15, 0.2) is 30.3 Å². The molecular formula is C24H38N4O9. The smallest absolute Gasteiger partial charge is 0.321 e. The standard InChI is InChI=1S/C24H38N4O9/c1-4-13(27-23(35)16(25)11(2)3)22(34)28-14(10-29)18(30)20(32)21(33)19(31)15(17(26)24(36)37)12-8-6-5-7-9-12/h5-9,11,13-18,20-21,29-30,32-33H,4,10,25-26H2,1-3H3,(H,27,35)(H,28,34)(H,36,37)/t13-,14-,15?,16-,17-,18+,20+,21+/m0/s1. The third kappa shape index (κ3) is 8.55. The van der Waals surface area contributed by atoms with Crippen molar-refractivity contribution in [2.45, 2.75) is 75.6 Å². The third-order valence-electron chi connectivity index (χ3n) is 6.07. The summed E-state index contributed by atoms with van der Waals surface area (Å²) in [5.74, 6) is -5.88. The van der Waals surface area contributed by atoms with Gasteiger partial charge in [0.25, 0.3) is 0 Å². The predicted molar refractivity (Wildman–Crippen MR) is 132 cm³/mol. The monoisotopic (exact) mass is 526 g/mol. The Morgan fingerprint density at radius 3 is 1.92 bits per heavy atom. The Morgan fingerprint density at radius 1 is 0.892 bits per heavy atom. The Bertz CT molecular complexity index is 915. The second-order valence-corrected chi connectivity index (χ2v) is 9.12. The first-order valence-electron chi connectivity index (χ1n) is 11.9. The van der Waals surface area contributed by atoms with Crippen molar-refractivity contribution < 1.29 is 44.7 Å². The highest BCUT2D eigenvalue weighted by Gasteiger charge is 2.42. The summed E-state index contributed by atoms with van der Waals surface area (Å²) < 4.78 is 0. The molecule has 13 nitrogen and oxygen atoms in total. The predicted octanol–water partition coefficient (Wildman–Crippen LogP) is -2.81. The zero-order valence-corrected chi connectivity index (χ0v) is 21.0. The minimum absolute atomic E-state index is 0.131. The van der Waals surface area contributed by atoms with Crippen LogP contribution in [0.1, 0.15) is 38.7 Å². The van der Waals surface area contributed by atoms with Crippen LogP contribution in [0.5, 0.6) is 0 Å². The lowest BCUT2D eigenvalue weighted by Gasteiger charge is -2.31. The molecule has 13 heteroatoms. The summed E-state index contributed by atoms with van der Waals surface area (Å²) in [6.45, 7) is 4.15. The van der Waals surface area contributed by atoms with Gasteiger partial charge in [-0.3, -0.25) is 19.2 Å². The second kappa shape index (κ2) is 14.7. The number of hydrogen-bond acceptors (Lipinski definition) is 10. The lowest BCUT2D eigenvalue weighted by Crippen LogP contribution is -2.59. The minimum atomic E-state index is -2.32. The number of ketones is 1. The van der Waals surface area contributed by atoms with E-state index in [1.165, 1.54) is 24.3 Å². The number of Topliss-reactive ketones (excluding diaryl/α,β-unsaturated/α-hetero) is 1. The quantitative estimate of drug-likeness (QED) is 0.113. The van der Waals surface area contributed by atoms with E-state index >= 15 is 0 Å². The highest BCUT2D eigenvalue weighted by Crippen LogP contribution is 2.23. The van der Waals surface area contributed by atoms with Gasteiger partial charge in [0.15, 0.2) is 5.78 Å². The molecule has 0 fully saturated rings. The summed E-state index contributed by atoms with van der Waals surface area (Å²) in [6, 6.07) is 2.21. The zero-order valence-electron chi connectivity index (χ0n) is 21.0. The first-order chi connectivity index (χ1) is 17.3. The van der Waals surface area contributed by atoms with Crippen LogP contribution in [0, 0.1) is 5.92 Å². The van der Waals surface area contributed by atoms with Gasteiger partial charge in [-0.15, -0.1) is 0 Å². The van der Waals surface area contributed by atoms with E-state index in [9.17, 15) is 44.7 Å². The molecule has 0 saturated heterocycles. The van der Waals surface area contributed by atoms with E-state index < -0.39 is 78.6 Å². The van der Waals surface area contributed by atoms with Crippen molar-refractivity contribution in [2.24, 2.45) is 17.4 Å². The van der Waals surface area contributed by atoms with Gasteiger partial charge >= 0.3 is 5.97 Å². The van der Waals surface area contributed by atoms with Gasteiger partial charge in [0.05, 0.1) is 24.6 Å². The van der Waals surface area contributed by atoms with E-state index in [-0.39, 0.29) is 17.9 Å². The van der Waals surface area contributed by atoms with Crippen LogP contribution in [-0.2, 0) is 19.2 Å². The number of carbonyl (C=O) groups excluding carboxylic acids is 3. The van der Waals surface area contributed by atoms with Crippen LogP contribution in [-0.4, -0.2) is 98.2 Å². The molecule has 8 atom stereocenters. The van der Waals surface area contributed by atoms with E-state index in [1.54, 1.807) is 26.8 Å². The zero-order chi connectivity index (χ0) is 28.4. The van der Waals surface area contributed by atoms with Gasteiger partial charge < -0.3 is 47.6 Å². The Balaban J connectivity index is 3.03. The first-order valence-corrected chi connectivity index (χ1v) is 11.9. The van der Waals surface area contributed by atoms with Crippen molar-refractivity contribution >= 4 is 23.6 Å². The van der Waals surface area contributed by atoms with Gasteiger partial charge in [-0.1, -0.05) is 51.1 Å². The van der Waals surface area contributed by atoms with Gasteiger partial charge in [0, 0.05) is 0 Å². The van der Waals surface area contributed by atoms with Crippen LogP contribution < -0.4 is 22.1 Å². The van der Waals surface area contributed by atoms with Crippen molar-refractivity contribution in [3.8, 4) is 0 Å². The molecule has 37 heavy (non-hydrogen) atoms. The van der Waals surface area contributed by atoms with Crippen molar-refractivity contribution in [3.63, 3.8) is 0 Å². The number of aliphatic hydroxyl groups is 4. The van der Waals surface area contributed by atoms with Crippen LogP contribution in [0.2, 0.25) is 0 Å². The number of aliphatic hydroxyl groups excluding tert-OH is 4. The van der Waals surface area contributed by atoms with Crippen molar-refractivity contribution in [3.05, 3.63) is 35.9 Å². The summed E-state index contributed by atoms with van der Waals surface area (Å²) in [6.07, 6.45) is -6.48. The van der Waals surface area contributed by atoms with Crippen LogP contribution in [0.4, 0.5) is 0 Å². The topological polar surface area (TPSA) is 246 Å². The lowest BCUT2D eigenvalue weighted by molar-refractivity contribution is -0.148. The highest BCUT2D eigenvalue weighted by molar-refractivity contribution is 5.95. The molecule has 208 valence electrons. The summed E-state index contributed by atoms with van der Waals surface area (Å²) in [7, 11) is 0. The second-order valence-electron chi connectivity index (χ2n) is 9.12. The van der Waals surface area contributed by atoms with Gasteiger partial charge in [0.1, 0.15) is 30.4 Å². The molecule has 0 bridgehead atoms. The van der Waals surface area contributed by atoms with E-state index in [2.05, 4.69) is 10.6 Å². The first kappa shape index (κ1) is 32.1. The number of nitrogens with two attached hydrogens (primary N) is 2. The van der Waals surface area contributed by atoms with Gasteiger partial charge in [-0.2, -0.15) is 0 Å². The molecule has 0 aliphatic rings. The van der Waals surface area contributed by atoms with Gasteiger partial charge in [-0.25, -0.2) is 0 Å². The normalized spacial score (nSPS) is 18.0. The minimum Gasteiger partial charge on any atom is -0.480 e. The number of carbonyl (C=O) groups is 4. The maximum atomic E-state index is 13.0. The number of aliphatic carboxylic acids is 1. The number of rotatable bonds is 15. The van der Waals surface area contributed by atoms with E-state index in [0.717, 1.165) is 0 Å². The number of carboxylic acids is 1. The van der Waals surface area contributed by atoms with Crippen molar-refractivity contribution in [2.75, 3.05) is 6.61 Å². The fraction of sp³-hybridized carbons (Fsp3) is 0.583. The molecule has 0 aliphatic heterocycles. The molecule has 1 aromatic carbocycles. The number of nitrogens with one attached hydrogen (secondary N) is 2. The van der Waals surface area contributed by atoms with Crippen molar-refractivity contribution in [1.82, 2.24) is 10.6 Å². The molecule has 11 N–H and O–H groups in total. The molecule has 1 unspecified atom stereocenters. The highest BCUT2D eigenvalue weighted by atomic mass is 16.4. The molecule has 2 amide bonds. The van der Waals surface area contributed by atoms with E-state index in [1.807, 2.05) is 0 Å². The van der Waals surface area contributed by atoms with Crippen LogP contribution >= 0.6 is 0 Å². The molecule has 0 heterocycles. The summed E-state index contributed by atoms with van der Waals surface area (Å²) >= 11 is 0. The van der Waals surface area contributed by atoms with Gasteiger partial charge in [-0.05, 0) is 17.9 Å². The van der Waals surface area contributed by atoms with E-state index in [0.29, 0.717) is 0 Å².